The van der Waals surface area contributed by atoms with Crippen LogP contribution in [-0.2, 0) is 36.8 Å². The Kier molecular flexibility index (Phi) is 4.91. The van der Waals surface area contributed by atoms with Crippen LogP contribution in [0.25, 0.3) is 0 Å². The molecule has 0 fully saturated rings. The lowest BCUT2D eigenvalue weighted by Crippen LogP contribution is -2.41. The Bertz CT molecular complexity index is 1010. The first-order valence-electron chi connectivity index (χ1n) is 6.86. The van der Waals surface area contributed by atoms with E-state index in [-0.39, 0.29) is 12.1 Å². The highest BCUT2D eigenvalue weighted by Gasteiger charge is 2.30. The zero-order valence-corrected chi connectivity index (χ0v) is 14.0. The lowest BCUT2D eigenvalue weighted by molar-refractivity contribution is -0.137. The van der Waals surface area contributed by atoms with Crippen molar-refractivity contribution in [1.29, 1.82) is 0 Å². The van der Waals surface area contributed by atoms with E-state index in [1.165, 1.54) is 7.05 Å². The number of hydrogen-bond donors (Lipinski definition) is 1. The van der Waals surface area contributed by atoms with Gasteiger partial charge in [0.15, 0.2) is 4.90 Å². The number of benzene rings is 1. The second-order valence-corrected chi connectivity index (χ2v) is 7.01. The molecule has 0 aliphatic heterocycles. The van der Waals surface area contributed by atoms with Crippen LogP contribution in [0.2, 0.25) is 0 Å². The number of rotatable bonds is 4. The summed E-state index contributed by atoms with van der Waals surface area (Å²) in [6.07, 6.45) is -3.60. The van der Waals surface area contributed by atoms with E-state index in [0.717, 1.165) is 42.1 Å². The molecular formula is C14H14F3N3O4S. The van der Waals surface area contributed by atoms with Crippen LogP contribution in [0.15, 0.2) is 44.9 Å². The van der Waals surface area contributed by atoms with Crippen LogP contribution in [0.4, 0.5) is 13.2 Å². The Morgan fingerprint density at radius 3 is 2.16 bits per heavy atom. The number of halogens is 3. The monoisotopic (exact) mass is 377 g/mol. The molecule has 0 bridgehead atoms. The van der Waals surface area contributed by atoms with Crippen molar-refractivity contribution in [2.45, 2.75) is 17.6 Å². The summed E-state index contributed by atoms with van der Waals surface area (Å²) < 4.78 is 65.7. The summed E-state index contributed by atoms with van der Waals surface area (Å²) in [7, 11) is -1.83. The number of nitrogens with zero attached hydrogens (tertiary/aromatic N) is 2. The van der Waals surface area contributed by atoms with Crippen LogP contribution in [0.3, 0.4) is 0 Å². The third-order valence-electron chi connectivity index (χ3n) is 3.45. The van der Waals surface area contributed by atoms with Crippen LogP contribution in [0.1, 0.15) is 11.1 Å². The molecule has 0 saturated heterocycles. The molecule has 0 unspecified atom stereocenters. The SMILES string of the molecule is Cn1cc(S(=O)(=O)NCc2ccc(C(F)(F)F)cc2)c(=O)n(C)c1=O. The van der Waals surface area contributed by atoms with E-state index in [1.807, 2.05) is 0 Å². The van der Waals surface area contributed by atoms with Gasteiger partial charge in [0.25, 0.3) is 5.56 Å². The molecule has 0 atom stereocenters. The highest BCUT2D eigenvalue weighted by atomic mass is 32.2. The fraction of sp³-hybridized carbons (Fsp3) is 0.286. The van der Waals surface area contributed by atoms with Gasteiger partial charge in [0.2, 0.25) is 10.0 Å². The lowest BCUT2D eigenvalue weighted by atomic mass is 10.1. The summed E-state index contributed by atoms with van der Waals surface area (Å²) >= 11 is 0. The van der Waals surface area contributed by atoms with Crippen molar-refractivity contribution >= 4 is 10.0 Å². The predicted molar refractivity (Wildman–Crippen MR) is 82.4 cm³/mol. The minimum Gasteiger partial charge on any atom is -0.302 e. The van der Waals surface area contributed by atoms with Crippen molar-refractivity contribution in [3.8, 4) is 0 Å². The Morgan fingerprint density at radius 1 is 1.08 bits per heavy atom. The minimum absolute atomic E-state index is 0.276. The van der Waals surface area contributed by atoms with Gasteiger partial charge in [-0.2, -0.15) is 13.2 Å². The van der Waals surface area contributed by atoms with Gasteiger partial charge < -0.3 is 4.57 Å². The number of sulfonamides is 1. The van der Waals surface area contributed by atoms with E-state index >= 15 is 0 Å². The van der Waals surface area contributed by atoms with Crippen LogP contribution < -0.4 is 16.0 Å². The first-order valence-corrected chi connectivity index (χ1v) is 8.34. The molecule has 1 aromatic heterocycles. The lowest BCUT2D eigenvalue weighted by Gasteiger charge is -2.10. The maximum absolute atomic E-state index is 12.5. The van der Waals surface area contributed by atoms with E-state index in [2.05, 4.69) is 4.72 Å². The molecule has 7 nitrogen and oxygen atoms in total. The number of hydrogen-bond acceptors (Lipinski definition) is 4. The minimum atomic E-state index is -4.49. The highest BCUT2D eigenvalue weighted by molar-refractivity contribution is 7.89. The normalized spacial score (nSPS) is 12.4. The third-order valence-corrected chi connectivity index (χ3v) is 4.84. The van der Waals surface area contributed by atoms with Gasteiger partial charge in [-0.05, 0) is 17.7 Å². The maximum atomic E-state index is 12.5. The average molecular weight is 377 g/mol. The molecule has 25 heavy (non-hydrogen) atoms. The molecule has 1 aromatic carbocycles. The molecule has 0 aliphatic rings. The van der Waals surface area contributed by atoms with Crippen LogP contribution in [0, 0.1) is 0 Å². The number of aromatic nitrogens is 2. The molecule has 1 heterocycles. The largest absolute Gasteiger partial charge is 0.416 e. The second-order valence-electron chi connectivity index (χ2n) is 5.27. The zero-order chi connectivity index (χ0) is 19.0. The maximum Gasteiger partial charge on any atom is 0.416 e. The van der Waals surface area contributed by atoms with E-state index in [9.17, 15) is 31.2 Å². The van der Waals surface area contributed by atoms with Gasteiger partial charge in [-0.25, -0.2) is 17.9 Å². The van der Waals surface area contributed by atoms with E-state index in [4.69, 9.17) is 0 Å². The Balaban J connectivity index is 2.26. The van der Waals surface area contributed by atoms with E-state index < -0.39 is 37.9 Å². The molecule has 0 amide bonds. The molecule has 0 spiro atoms. The number of nitrogens with one attached hydrogen (secondary N) is 1. The van der Waals surface area contributed by atoms with Crippen LogP contribution >= 0.6 is 0 Å². The Hall–Kier alpha value is -2.40. The molecule has 2 aromatic rings. The molecular weight excluding hydrogens is 363 g/mol. The fourth-order valence-electron chi connectivity index (χ4n) is 2.03. The molecule has 0 radical (unpaired) electrons. The van der Waals surface area contributed by atoms with Gasteiger partial charge in [-0.15, -0.1) is 0 Å². The molecule has 11 heteroatoms. The summed E-state index contributed by atoms with van der Waals surface area (Å²) in [5, 5.41) is 0. The van der Waals surface area contributed by atoms with Gasteiger partial charge in [-0.1, -0.05) is 12.1 Å². The van der Waals surface area contributed by atoms with Crippen molar-refractivity contribution in [2.24, 2.45) is 14.1 Å². The third kappa shape index (κ3) is 3.99. The Morgan fingerprint density at radius 2 is 1.64 bits per heavy atom. The molecule has 1 N–H and O–H groups in total. The zero-order valence-electron chi connectivity index (χ0n) is 13.2. The summed E-state index contributed by atoms with van der Waals surface area (Å²) in [4.78, 5) is 22.9. The van der Waals surface area contributed by atoms with Gasteiger partial charge in [-0.3, -0.25) is 9.36 Å². The van der Waals surface area contributed by atoms with Crippen LogP contribution in [-0.4, -0.2) is 17.6 Å². The van der Waals surface area contributed by atoms with Crippen molar-refractivity contribution < 1.29 is 21.6 Å². The fourth-order valence-corrected chi connectivity index (χ4v) is 3.20. The van der Waals surface area contributed by atoms with Crippen molar-refractivity contribution in [3.63, 3.8) is 0 Å². The van der Waals surface area contributed by atoms with Gasteiger partial charge in [0.05, 0.1) is 5.56 Å². The van der Waals surface area contributed by atoms with Gasteiger partial charge in [0, 0.05) is 26.8 Å². The first-order chi connectivity index (χ1) is 11.4. The summed E-state index contributed by atoms with van der Waals surface area (Å²) in [6.45, 7) is -0.313. The van der Waals surface area contributed by atoms with Crippen molar-refractivity contribution in [2.75, 3.05) is 0 Å². The quantitative estimate of drug-likeness (QED) is 0.844. The smallest absolute Gasteiger partial charge is 0.302 e. The van der Waals surface area contributed by atoms with E-state index in [1.54, 1.807) is 0 Å². The second kappa shape index (κ2) is 6.48. The molecule has 136 valence electrons. The first kappa shape index (κ1) is 18.9. The molecule has 0 aliphatic carbocycles. The van der Waals surface area contributed by atoms with Crippen LogP contribution in [0.5, 0.6) is 0 Å². The summed E-state index contributed by atoms with van der Waals surface area (Å²) in [6, 6.07) is 3.91. The predicted octanol–water partition coefficient (Wildman–Crippen LogP) is 0.581. The standard InChI is InChI=1S/C14H14F3N3O4S/c1-19-8-11(12(21)20(2)13(19)22)25(23,24)18-7-9-3-5-10(6-4-9)14(15,16)17/h3-6,8,18H,7H2,1-2H3. The van der Waals surface area contributed by atoms with E-state index in [0.29, 0.717) is 4.57 Å². The number of aryl methyl sites for hydroxylation is 1. The molecule has 0 saturated carbocycles. The number of alkyl halides is 3. The summed E-state index contributed by atoms with van der Waals surface area (Å²) in [5.74, 6) is 0. The van der Waals surface area contributed by atoms with Gasteiger partial charge in [0.1, 0.15) is 0 Å². The molecule has 2 rings (SSSR count). The Labute approximate surface area is 140 Å². The van der Waals surface area contributed by atoms with Gasteiger partial charge >= 0.3 is 11.9 Å². The topological polar surface area (TPSA) is 90.2 Å². The average Bonchev–Trinajstić information content (AvgIpc) is 2.54. The van der Waals surface area contributed by atoms with Crippen molar-refractivity contribution in [3.05, 3.63) is 62.4 Å². The highest BCUT2D eigenvalue weighted by Crippen LogP contribution is 2.29. The summed E-state index contributed by atoms with van der Waals surface area (Å²) in [5.41, 5.74) is -2.26. The van der Waals surface area contributed by atoms with Crippen molar-refractivity contribution in [1.82, 2.24) is 13.9 Å².